The molecule has 0 amide bonds. The van der Waals surface area contributed by atoms with Crippen LogP contribution in [-0.4, -0.2) is 61.0 Å². The fourth-order valence-electron chi connectivity index (χ4n) is 1.96. The summed E-state index contributed by atoms with van der Waals surface area (Å²) >= 11 is 0. The molecule has 0 radical (unpaired) electrons. The van der Waals surface area contributed by atoms with Crippen LogP contribution < -0.4 is 11.2 Å². The number of aromatic amines is 1. The topological polar surface area (TPSA) is 145 Å². The van der Waals surface area contributed by atoms with Gasteiger partial charge in [0.2, 0.25) is 5.82 Å². The highest BCUT2D eigenvalue weighted by atomic mass is 19.1. The van der Waals surface area contributed by atoms with E-state index < -0.39 is 54.3 Å². The highest BCUT2D eigenvalue weighted by Crippen LogP contribution is 2.27. The summed E-state index contributed by atoms with van der Waals surface area (Å²) in [7, 11) is 0. The summed E-state index contributed by atoms with van der Waals surface area (Å²) in [4.78, 5) is 24.1. The molecule has 10 heteroatoms. The summed E-state index contributed by atoms with van der Waals surface area (Å²) in [6.45, 7) is -0.692. The number of nitrogens with one attached hydrogen (secondary N) is 1. The zero-order chi connectivity index (χ0) is 15.0. The first-order valence-electron chi connectivity index (χ1n) is 5.68. The molecule has 0 aliphatic carbocycles. The van der Waals surface area contributed by atoms with Gasteiger partial charge in [-0.25, -0.2) is 4.79 Å². The lowest BCUT2D eigenvalue weighted by Crippen LogP contribution is -2.58. The molecule has 0 aromatic carbocycles. The average molecular weight is 292 g/mol. The van der Waals surface area contributed by atoms with Crippen molar-refractivity contribution in [3.05, 3.63) is 32.9 Å². The van der Waals surface area contributed by atoms with Crippen molar-refractivity contribution in [3.63, 3.8) is 0 Å². The van der Waals surface area contributed by atoms with Crippen LogP contribution in [0.25, 0.3) is 0 Å². The molecule has 112 valence electrons. The van der Waals surface area contributed by atoms with Gasteiger partial charge in [-0.15, -0.1) is 0 Å². The average Bonchev–Trinajstić information content (AvgIpc) is 2.41. The van der Waals surface area contributed by atoms with Gasteiger partial charge in [0.25, 0.3) is 5.56 Å². The van der Waals surface area contributed by atoms with E-state index in [4.69, 9.17) is 9.84 Å². The lowest BCUT2D eigenvalue weighted by Gasteiger charge is -2.40. The number of aromatic nitrogens is 2. The van der Waals surface area contributed by atoms with E-state index in [1.165, 1.54) is 0 Å². The van der Waals surface area contributed by atoms with E-state index in [9.17, 15) is 29.3 Å². The quantitative estimate of drug-likeness (QED) is 0.383. The predicted octanol–water partition coefficient (Wildman–Crippen LogP) is -3.35. The second-order valence-corrected chi connectivity index (χ2v) is 4.36. The molecule has 1 aliphatic rings. The molecule has 20 heavy (non-hydrogen) atoms. The molecule has 1 aromatic rings. The van der Waals surface area contributed by atoms with Gasteiger partial charge in [-0.05, 0) is 0 Å². The minimum atomic E-state index is -1.75. The molecule has 2 heterocycles. The Morgan fingerprint density at radius 1 is 1.25 bits per heavy atom. The van der Waals surface area contributed by atoms with E-state index in [1.807, 2.05) is 0 Å². The molecule has 1 saturated heterocycles. The first-order chi connectivity index (χ1) is 9.36. The number of rotatable bonds is 2. The summed E-state index contributed by atoms with van der Waals surface area (Å²) < 4.78 is 18.8. The van der Waals surface area contributed by atoms with Crippen molar-refractivity contribution in [2.24, 2.45) is 0 Å². The van der Waals surface area contributed by atoms with Crippen molar-refractivity contribution in [2.75, 3.05) is 6.61 Å². The van der Waals surface area contributed by atoms with Crippen LogP contribution in [0.2, 0.25) is 0 Å². The highest BCUT2D eigenvalue weighted by molar-refractivity contribution is 4.95. The Balaban J connectivity index is 2.44. The molecule has 1 aromatic heterocycles. The molecule has 9 nitrogen and oxygen atoms in total. The van der Waals surface area contributed by atoms with Crippen molar-refractivity contribution in [1.82, 2.24) is 9.55 Å². The molecule has 2 rings (SSSR count). The third-order valence-electron chi connectivity index (χ3n) is 3.07. The van der Waals surface area contributed by atoms with Gasteiger partial charge in [-0.3, -0.25) is 14.3 Å². The second-order valence-electron chi connectivity index (χ2n) is 4.36. The van der Waals surface area contributed by atoms with Crippen molar-refractivity contribution in [1.29, 1.82) is 0 Å². The summed E-state index contributed by atoms with van der Waals surface area (Å²) in [5.74, 6) is -1.29. The standard InChI is InChI=1S/C10H13FN2O7/c11-3-1-13(10(19)12-8(3)18)9-7(17)6(16)5(15)4(2-14)20-9/h1,4-7,9,14-17H,2H2,(H,12,18,19)/t4-,5+,6+,7-,9+/m0/s1. The number of halogens is 1. The number of hydrogen-bond donors (Lipinski definition) is 5. The van der Waals surface area contributed by atoms with Crippen LogP contribution >= 0.6 is 0 Å². The predicted molar refractivity (Wildman–Crippen MR) is 60.3 cm³/mol. The molecule has 0 bridgehead atoms. The molecule has 0 spiro atoms. The maximum Gasteiger partial charge on any atom is 0.330 e. The minimum Gasteiger partial charge on any atom is -0.394 e. The van der Waals surface area contributed by atoms with Gasteiger partial charge in [0.15, 0.2) is 6.23 Å². The summed E-state index contributed by atoms with van der Waals surface area (Å²) in [6, 6.07) is 0. The molecule has 1 fully saturated rings. The Morgan fingerprint density at radius 3 is 2.50 bits per heavy atom. The molecule has 5 atom stereocenters. The van der Waals surface area contributed by atoms with Crippen LogP contribution in [0, 0.1) is 5.82 Å². The Hall–Kier alpha value is -1.59. The summed E-state index contributed by atoms with van der Waals surface area (Å²) in [5, 5.41) is 37.9. The number of hydrogen-bond acceptors (Lipinski definition) is 7. The minimum absolute atomic E-state index is 0.508. The number of H-pyrrole nitrogens is 1. The van der Waals surface area contributed by atoms with Crippen molar-refractivity contribution < 1.29 is 29.6 Å². The van der Waals surface area contributed by atoms with Crippen molar-refractivity contribution in [3.8, 4) is 0 Å². The molecular weight excluding hydrogens is 279 g/mol. The fourth-order valence-corrected chi connectivity index (χ4v) is 1.96. The van der Waals surface area contributed by atoms with Gasteiger partial charge in [-0.2, -0.15) is 4.39 Å². The highest BCUT2D eigenvalue weighted by Gasteiger charge is 2.44. The fraction of sp³-hybridized carbons (Fsp3) is 0.600. The zero-order valence-electron chi connectivity index (χ0n) is 10.0. The molecule has 0 unspecified atom stereocenters. The lowest BCUT2D eigenvalue weighted by atomic mass is 9.98. The van der Waals surface area contributed by atoms with Gasteiger partial charge >= 0.3 is 5.69 Å². The first kappa shape index (κ1) is 14.8. The van der Waals surface area contributed by atoms with Crippen LogP contribution in [-0.2, 0) is 4.74 Å². The monoisotopic (exact) mass is 292 g/mol. The van der Waals surface area contributed by atoms with Crippen LogP contribution in [0.1, 0.15) is 6.23 Å². The Bertz CT molecular complexity index is 598. The molecule has 1 aliphatic heterocycles. The number of aliphatic hydroxyl groups excluding tert-OH is 4. The van der Waals surface area contributed by atoms with Gasteiger partial charge in [0.1, 0.15) is 24.4 Å². The van der Waals surface area contributed by atoms with E-state index >= 15 is 0 Å². The maximum absolute atomic E-state index is 13.2. The summed E-state index contributed by atoms with van der Waals surface area (Å²) in [5.41, 5.74) is -2.31. The zero-order valence-corrected chi connectivity index (χ0v) is 10.0. The van der Waals surface area contributed by atoms with Crippen LogP contribution in [0.4, 0.5) is 4.39 Å². The van der Waals surface area contributed by atoms with Gasteiger partial charge in [0.05, 0.1) is 12.8 Å². The van der Waals surface area contributed by atoms with Crippen LogP contribution in [0.5, 0.6) is 0 Å². The van der Waals surface area contributed by atoms with E-state index in [1.54, 1.807) is 4.98 Å². The van der Waals surface area contributed by atoms with Gasteiger partial charge in [-0.1, -0.05) is 0 Å². The smallest absolute Gasteiger partial charge is 0.330 e. The normalized spacial score (nSPS) is 34.1. The molecule has 5 N–H and O–H groups in total. The third kappa shape index (κ3) is 2.39. The van der Waals surface area contributed by atoms with Crippen LogP contribution in [0.3, 0.4) is 0 Å². The summed E-state index contributed by atoms with van der Waals surface area (Å²) in [6.07, 6.45) is -7.38. The van der Waals surface area contributed by atoms with Crippen LogP contribution in [0.15, 0.2) is 15.8 Å². The number of nitrogens with zero attached hydrogens (tertiary/aromatic N) is 1. The molecule has 0 saturated carbocycles. The second kappa shape index (κ2) is 5.42. The van der Waals surface area contributed by atoms with E-state index in [0.29, 0.717) is 10.8 Å². The lowest BCUT2D eigenvalue weighted by molar-refractivity contribution is -0.252. The maximum atomic E-state index is 13.2. The Morgan fingerprint density at radius 2 is 1.90 bits per heavy atom. The van der Waals surface area contributed by atoms with E-state index in [-0.39, 0.29) is 0 Å². The van der Waals surface area contributed by atoms with E-state index in [0.717, 1.165) is 0 Å². The number of ether oxygens (including phenoxy) is 1. The van der Waals surface area contributed by atoms with Gasteiger partial charge < -0.3 is 25.2 Å². The van der Waals surface area contributed by atoms with Gasteiger partial charge in [0, 0.05) is 0 Å². The van der Waals surface area contributed by atoms with Crippen molar-refractivity contribution in [2.45, 2.75) is 30.6 Å². The van der Waals surface area contributed by atoms with Crippen molar-refractivity contribution >= 4 is 0 Å². The molecular formula is C10H13FN2O7. The largest absolute Gasteiger partial charge is 0.394 e. The number of aliphatic hydroxyl groups is 4. The van der Waals surface area contributed by atoms with E-state index in [2.05, 4.69) is 0 Å². The SMILES string of the molecule is O=c1[nH]c(=O)n([C@@H]2O[C@@H](CO)[C@@H](O)[C@@H](O)[C@@H]2O)cc1F. The third-order valence-corrected chi connectivity index (χ3v) is 3.07. The Labute approximate surface area is 110 Å². The first-order valence-corrected chi connectivity index (χ1v) is 5.68. The Kier molecular flexibility index (Phi) is 4.01.